The maximum Gasteiger partial charge on any atom is 0.241 e. The smallest absolute Gasteiger partial charge is 0.241 e. The normalized spacial score (nSPS) is 23.7. The first kappa shape index (κ1) is 15.6. The highest BCUT2D eigenvalue weighted by Gasteiger charge is 2.50. The summed E-state index contributed by atoms with van der Waals surface area (Å²) in [7, 11) is 2.11. The fourth-order valence-corrected chi connectivity index (χ4v) is 3.88. The van der Waals surface area contributed by atoms with Gasteiger partial charge in [0.25, 0.3) is 0 Å². The van der Waals surface area contributed by atoms with Crippen molar-refractivity contribution in [3.05, 3.63) is 22.7 Å². The maximum atomic E-state index is 5.80. The molecule has 1 aliphatic rings. The Morgan fingerprint density at radius 1 is 1.50 bits per heavy atom. The largest absolute Gasteiger partial charge is 0.378 e. The number of aromatic nitrogens is 2. The zero-order chi connectivity index (χ0) is 15.7. The Morgan fingerprint density at radius 2 is 2.32 bits per heavy atom. The lowest BCUT2D eigenvalue weighted by molar-refractivity contribution is -0.147. The summed E-state index contributed by atoms with van der Waals surface area (Å²) in [5.41, 5.74) is 1.17. The minimum absolute atomic E-state index is 0.154. The summed E-state index contributed by atoms with van der Waals surface area (Å²) in [4.78, 5) is 6.78. The molecule has 120 valence electrons. The lowest BCUT2D eigenvalue weighted by Gasteiger charge is -2.54. The number of ether oxygens (including phenoxy) is 1. The fraction of sp³-hybridized carbons (Fsp3) is 0.625. The summed E-state index contributed by atoms with van der Waals surface area (Å²) in [6.45, 7) is 8.03. The van der Waals surface area contributed by atoms with E-state index in [1.807, 2.05) is 16.8 Å². The molecule has 0 spiro atoms. The quantitative estimate of drug-likeness (QED) is 0.816. The van der Waals surface area contributed by atoms with Gasteiger partial charge in [-0.15, -0.1) is 0 Å². The number of thiophene rings is 1. The van der Waals surface area contributed by atoms with Gasteiger partial charge in [0.15, 0.2) is 0 Å². The predicted octanol–water partition coefficient (Wildman–Crippen LogP) is 3.43. The lowest BCUT2D eigenvalue weighted by atomic mass is 9.64. The van der Waals surface area contributed by atoms with Crippen LogP contribution in [0.2, 0.25) is 0 Å². The van der Waals surface area contributed by atoms with Crippen LogP contribution in [0.4, 0.5) is 0 Å². The molecule has 0 amide bonds. The molecule has 2 unspecified atom stereocenters. The van der Waals surface area contributed by atoms with Crippen LogP contribution in [-0.2, 0) is 11.3 Å². The second-order valence-electron chi connectivity index (χ2n) is 6.46. The highest BCUT2D eigenvalue weighted by molar-refractivity contribution is 7.08. The van der Waals surface area contributed by atoms with Gasteiger partial charge >= 0.3 is 0 Å². The Balaban J connectivity index is 1.62. The molecule has 2 atom stereocenters. The summed E-state index contributed by atoms with van der Waals surface area (Å²) >= 11 is 1.63. The molecule has 1 saturated carbocycles. The van der Waals surface area contributed by atoms with Gasteiger partial charge in [-0.2, -0.15) is 16.3 Å². The van der Waals surface area contributed by atoms with Crippen LogP contribution in [0.5, 0.6) is 0 Å². The molecule has 0 radical (unpaired) electrons. The lowest BCUT2D eigenvalue weighted by Crippen LogP contribution is -2.61. The highest BCUT2D eigenvalue weighted by atomic mass is 32.1. The molecule has 2 aromatic rings. The molecule has 0 N–H and O–H groups in total. The Bertz CT molecular complexity index is 609. The Hall–Kier alpha value is -1.24. The first-order valence-electron chi connectivity index (χ1n) is 7.69. The molecule has 2 aromatic heterocycles. The van der Waals surface area contributed by atoms with Crippen LogP contribution in [-0.4, -0.2) is 40.8 Å². The van der Waals surface area contributed by atoms with E-state index >= 15 is 0 Å². The second-order valence-corrected chi connectivity index (χ2v) is 7.24. The van der Waals surface area contributed by atoms with Gasteiger partial charge in [0.05, 0.1) is 12.6 Å². The summed E-state index contributed by atoms with van der Waals surface area (Å²) in [6, 6.07) is 2.48. The maximum absolute atomic E-state index is 5.80. The molecule has 1 aliphatic carbocycles. The van der Waals surface area contributed by atoms with E-state index in [2.05, 4.69) is 42.9 Å². The topological polar surface area (TPSA) is 51.4 Å². The molecular weight excluding hydrogens is 298 g/mol. The van der Waals surface area contributed by atoms with E-state index in [1.54, 1.807) is 11.3 Å². The molecule has 22 heavy (non-hydrogen) atoms. The second kappa shape index (κ2) is 6.10. The molecule has 6 heteroatoms. The van der Waals surface area contributed by atoms with Gasteiger partial charge in [0, 0.05) is 29.0 Å². The van der Waals surface area contributed by atoms with Crippen LogP contribution < -0.4 is 0 Å². The summed E-state index contributed by atoms with van der Waals surface area (Å²) < 4.78 is 11.2. The Kier molecular flexibility index (Phi) is 4.34. The van der Waals surface area contributed by atoms with E-state index in [0.29, 0.717) is 30.4 Å². The van der Waals surface area contributed by atoms with Crippen molar-refractivity contribution in [1.82, 2.24) is 15.0 Å². The van der Waals surface area contributed by atoms with E-state index in [-0.39, 0.29) is 5.41 Å². The molecular formula is C16H23N3O2S. The molecule has 0 saturated heterocycles. The van der Waals surface area contributed by atoms with Gasteiger partial charge < -0.3 is 9.26 Å². The Morgan fingerprint density at radius 3 is 2.95 bits per heavy atom. The number of rotatable bonds is 6. The molecule has 0 aromatic carbocycles. The zero-order valence-electron chi connectivity index (χ0n) is 13.6. The van der Waals surface area contributed by atoms with Crippen molar-refractivity contribution < 1.29 is 9.26 Å². The molecule has 1 fully saturated rings. The minimum atomic E-state index is 0.154. The monoisotopic (exact) mass is 321 g/mol. The van der Waals surface area contributed by atoms with E-state index in [1.165, 1.54) is 0 Å². The van der Waals surface area contributed by atoms with Crippen LogP contribution in [0.25, 0.3) is 11.4 Å². The Labute approximate surface area is 135 Å². The van der Waals surface area contributed by atoms with Gasteiger partial charge in [-0.1, -0.05) is 19.0 Å². The molecule has 2 heterocycles. The van der Waals surface area contributed by atoms with Crippen LogP contribution in [0.1, 0.15) is 33.1 Å². The van der Waals surface area contributed by atoms with Crippen LogP contribution in [0.15, 0.2) is 21.3 Å². The minimum Gasteiger partial charge on any atom is -0.378 e. The third-order valence-electron chi connectivity index (χ3n) is 4.66. The molecule has 5 nitrogen and oxygen atoms in total. The van der Waals surface area contributed by atoms with Crippen molar-refractivity contribution in [2.75, 3.05) is 13.7 Å². The van der Waals surface area contributed by atoms with Crippen molar-refractivity contribution >= 4 is 11.3 Å². The highest BCUT2D eigenvalue weighted by Crippen LogP contribution is 2.45. The van der Waals surface area contributed by atoms with Crippen molar-refractivity contribution in [3.8, 4) is 11.4 Å². The van der Waals surface area contributed by atoms with Crippen LogP contribution in [0, 0.1) is 5.41 Å². The van der Waals surface area contributed by atoms with Gasteiger partial charge in [0.1, 0.15) is 0 Å². The van der Waals surface area contributed by atoms with Crippen LogP contribution in [0.3, 0.4) is 0 Å². The van der Waals surface area contributed by atoms with Crippen molar-refractivity contribution in [1.29, 1.82) is 0 Å². The molecule has 3 rings (SSSR count). The zero-order valence-corrected chi connectivity index (χ0v) is 14.4. The van der Waals surface area contributed by atoms with E-state index < -0.39 is 0 Å². The number of hydrogen-bond acceptors (Lipinski definition) is 6. The van der Waals surface area contributed by atoms with Crippen molar-refractivity contribution in [2.24, 2.45) is 5.41 Å². The van der Waals surface area contributed by atoms with Gasteiger partial charge in [-0.25, -0.2) is 0 Å². The van der Waals surface area contributed by atoms with Crippen molar-refractivity contribution in [3.63, 3.8) is 0 Å². The predicted molar refractivity (Wildman–Crippen MR) is 86.7 cm³/mol. The number of nitrogens with zero attached hydrogens (tertiary/aromatic N) is 3. The summed E-state index contributed by atoms with van der Waals surface area (Å²) in [5, 5.41) is 8.11. The van der Waals surface area contributed by atoms with E-state index in [9.17, 15) is 0 Å². The number of hydrogen-bond donors (Lipinski definition) is 0. The van der Waals surface area contributed by atoms with Crippen LogP contribution >= 0.6 is 11.3 Å². The van der Waals surface area contributed by atoms with E-state index in [4.69, 9.17) is 9.26 Å². The average Bonchev–Trinajstić information content (AvgIpc) is 3.13. The average molecular weight is 321 g/mol. The molecule has 0 bridgehead atoms. The van der Waals surface area contributed by atoms with Gasteiger partial charge in [-0.05, 0) is 31.8 Å². The molecule has 0 aliphatic heterocycles. The van der Waals surface area contributed by atoms with E-state index in [0.717, 1.165) is 18.6 Å². The first-order chi connectivity index (χ1) is 10.5. The standard InChI is InChI=1S/C16H23N3O2S/c1-5-20-13-8-12(16(13,2)3)19(4)9-14-17-15(18-21-14)11-6-7-22-10-11/h6-7,10,12-13H,5,8-9H2,1-4H3. The SMILES string of the molecule is CCOC1CC(N(C)Cc2nc(-c3ccsc3)no2)C1(C)C. The fourth-order valence-electron chi connectivity index (χ4n) is 3.25. The first-order valence-corrected chi connectivity index (χ1v) is 8.63. The third kappa shape index (κ3) is 2.83. The summed E-state index contributed by atoms with van der Waals surface area (Å²) in [6.07, 6.45) is 1.40. The van der Waals surface area contributed by atoms with Crippen molar-refractivity contribution in [2.45, 2.75) is 45.9 Å². The third-order valence-corrected chi connectivity index (χ3v) is 5.34. The van der Waals surface area contributed by atoms with Gasteiger partial charge in [-0.3, -0.25) is 4.90 Å². The van der Waals surface area contributed by atoms with Gasteiger partial charge in [0.2, 0.25) is 11.7 Å². The summed E-state index contributed by atoms with van der Waals surface area (Å²) in [5.74, 6) is 1.34.